The smallest absolute Gasteiger partial charge is 0.358 e. The van der Waals surface area contributed by atoms with Crippen molar-refractivity contribution in [2.24, 2.45) is 0 Å². The lowest BCUT2D eigenvalue weighted by Crippen LogP contribution is -2.11. The molecule has 100 valence electrons. The topological polar surface area (TPSA) is 80.0 Å². The van der Waals surface area contributed by atoms with Gasteiger partial charge in [0, 0.05) is 17.1 Å². The molecular formula is C12H14N4O2S. The van der Waals surface area contributed by atoms with Crippen molar-refractivity contribution in [1.82, 2.24) is 15.0 Å². The Morgan fingerprint density at radius 1 is 1.42 bits per heavy atom. The van der Waals surface area contributed by atoms with E-state index in [4.69, 9.17) is 5.11 Å². The molecule has 0 unspecified atom stereocenters. The SMILES string of the molecule is CSc1ccc(NCCn2cc(C(=O)O)nn2)cc1. The zero-order valence-electron chi connectivity index (χ0n) is 10.4. The van der Waals surface area contributed by atoms with Crippen molar-refractivity contribution in [2.45, 2.75) is 11.4 Å². The van der Waals surface area contributed by atoms with E-state index < -0.39 is 5.97 Å². The average Bonchev–Trinajstić information content (AvgIpc) is 2.89. The number of anilines is 1. The second-order valence-corrected chi connectivity index (χ2v) is 4.71. The van der Waals surface area contributed by atoms with E-state index in [1.807, 2.05) is 30.5 Å². The van der Waals surface area contributed by atoms with Crippen LogP contribution in [0.15, 0.2) is 35.4 Å². The Bertz CT molecular complexity index is 553. The van der Waals surface area contributed by atoms with Gasteiger partial charge in [-0.1, -0.05) is 5.21 Å². The van der Waals surface area contributed by atoms with Gasteiger partial charge in [0.25, 0.3) is 0 Å². The van der Waals surface area contributed by atoms with Crippen LogP contribution in [0.5, 0.6) is 0 Å². The summed E-state index contributed by atoms with van der Waals surface area (Å²) in [6.45, 7) is 1.21. The quantitative estimate of drug-likeness (QED) is 0.784. The van der Waals surface area contributed by atoms with Crippen molar-refractivity contribution in [2.75, 3.05) is 18.1 Å². The van der Waals surface area contributed by atoms with Crippen LogP contribution < -0.4 is 5.32 Å². The number of hydrogen-bond acceptors (Lipinski definition) is 5. The van der Waals surface area contributed by atoms with Gasteiger partial charge < -0.3 is 10.4 Å². The van der Waals surface area contributed by atoms with Crippen LogP contribution in [-0.4, -0.2) is 38.9 Å². The molecule has 0 saturated heterocycles. The maximum atomic E-state index is 10.6. The van der Waals surface area contributed by atoms with E-state index in [0.717, 1.165) is 5.69 Å². The van der Waals surface area contributed by atoms with Crippen LogP contribution >= 0.6 is 11.8 Å². The number of benzene rings is 1. The first-order valence-corrected chi connectivity index (χ1v) is 6.93. The fraction of sp³-hybridized carbons (Fsp3) is 0.250. The molecule has 1 aromatic heterocycles. The normalized spacial score (nSPS) is 10.4. The van der Waals surface area contributed by atoms with E-state index >= 15 is 0 Å². The van der Waals surface area contributed by atoms with Gasteiger partial charge in [0.05, 0.1) is 12.7 Å². The summed E-state index contributed by atoms with van der Waals surface area (Å²) in [4.78, 5) is 11.9. The highest BCUT2D eigenvalue weighted by Gasteiger charge is 2.07. The summed E-state index contributed by atoms with van der Waals surface area (Å²) >= 11 is 1.70. The molecule has 0 amide bonds. The number of rotatable bonds is 6. The fourth-order valence-electron chi connectivity index (χ4n) is 1.53. The Morgan fingerprint density at radius 2 is 2.16 bits per heavy atom. The molecule has 0 spiro atoms. The van der Waals surface area contributed by atoms with Gasteiger partial charge in [0.15, 0.2) is 5.69 Å². The maximum Gasteiger partial charge on any atom is 0.358 e. The van der Waals surface area contributed by atoms with E-state index in [9.17, 15) is 4.79 Å². The van der Waals surface area contributed by atoms with Crippen molar-refractivity contribution in [3.05, 3.63) is 36.2 Å². The predicted octanol–water partition coefficient (Wildman–Crippen LogP) is 1.81. The van der Waals surface area contributed by atoms with Crippen LogP contribution in [-0.2, 0) is 6.54 Å². The third-order valence-electron chi connectivity index (χ3n) is 2.52. The van der Waals surface area contributed by atoms with E-state index in [2.05, 4.69) is 15.6 Å². The Balaban J connectivity index is 1.83. The van der Waals surface area contributed by atoms with Crippen LogP contribution in [0, 0.1) is 0 Å². The first kappa shape index (κ1) is 13.4. The molecule has 0 aliphatic carbocycles. The number of hydrogen-bond donors (Lipinski definition) is 2. The molecule has 2 N–H and O–H groups in total. The van der Waals surface area contributed by atoms with E-state index in [1.54, 1.807) is 11.8 Å². The molecule has 2 rings (SSSR count). The molecule has 0 fully saturated rings. The number of aromatic nitrogens is 3. The summed E-state index contributed by atoms with van der Waals surface area (Å²) in [6, 6.07) is 8.11. The van der Waals surface area contributed by atoms with Gasteiger partial charge in [0.2, 0.25) is 0 Å². The molecule has 19 heavy (non-hydrogen) atoms. The van der Waals surface area contributed by atoms with Crippen LogP contribution in [0.2, 0.25) is 0 Å². The molecule has 0 radical (unpaired) electrons. The Kier molecular flexibility index (Phi) is 4.40. The first-order chi connectivity index (χ1) is 9.19. The summed E-state index contributed by atoms with van der Waals surface area (Å²) in [5, 5.41) is 19.2. The fourth-order valence-corrected chi connectivity index (χ4v) is 1.94. The molecule has 1 heterocycles. The van der Waals surface area contributed by atoms with Crippen molar-refractivity contribution in [3.8, 4) is 0 Å². The number of thioether (sulfide) groups is 1. The molecule has 6 nitrogen and oxygen atoms in total. The van der Waals surface area contributed by atoms with Crippen molar-refractivity contribution in [3.63, 3.8) is 0 Å². The molecule has 0 aliphatic heterocycles. The van der Waals surface area contributed by atoms with Crippen LogP contribution in [0.3, 0.4) is 0 Å². The molecule has 0 saturated carbocycles. The minimum absolute atomic E-state index is 0.0377. The highest BCUT2D eigenvalue weighted by atomic mass is 32.2. The van der Waals surface area contributed by atoms with Crippen LogP contribution in [0.4, 0.5) is 5.69 Å². The van der Waals surface area contributed by atoms with Gasteiger partial charge in [-0.25, -0.2) is 9.48 Å². The number of aromatic carboxylic acids is 1. The number of nitrogens with one attached hydrogen (secondary N) is 1. The standard InChI is InChI=1S/C12H14N4O2S/c1-19-10-4-2-9(3-5-10)13-6-7-16-8-11(12(17)18)14-15-16/h2-5,8,13H,6-7H2,1H3,(H,17,18). The highest BCUT2D eigenvalue weighted by molar-refractivity contribution is 7.98. The molecule has 1 aromatic carbocycles. The van der Waals surface area contributed by atoms with Gasteiger partial charge in [-0.05, 0) is 30.5 Å². The lowest BCUT2D eigenvalue weighted by atomic mass is 10.3. The van der Waals surface area contributed by atoms with Crippen LogP contribution in [0.25, 0.3) is 0 Å². The molecule has 0 atom stereocenters. The lowest BCUT2D eigenvalue weighted by molar-refractivity contribution is 0.0690. The molecule has 2 aromatic rings. The third kappa shape index (κ3) is 3.72. The summed E-state index contributed by atoms with van der Waals surface area (Å²) in [7, 11) is 0. The van der Waals surface area contributed by atoms with E-state index in [1.165, 1.54) is 15.8 Å². The number of nitrogens with zero attached hydrogens (tertiary/aromatic N) is 3. The maximum absolute atomic E-state index is 10.6. The average molecular weight is 278 g/mol. The van der Waals surface area contributed by atoms with Crippen molar-refractivity contribution < 1.29 is 9.90 Å². The van der Waals surface area contributed by atoms with Crippen molar-refractivity contribution >= 4 is 23.4 Å². The van der Waals surface area contributed by atoms with Gasteiger partial charge in [-0.3, -0.25) is 0 Å². The third-order valence-corrected chi connectivity index (χ3v) is 3.26. The summed E-state index contributed by atoms with van der Waals surface area (Å²) in [5.41, 5.74) is 0.987. The van der Waals surface area contributed by atoms with Crippen LogP contribution in [0.1, 0.15) is 10.5 Å². The zero-order chi connectivity index (χ0) is 13.7. The Labute approximate surface area is 114 Å². The lowest BCUT2D eigenvalue weighted by Gasteiger charge is -2.06. The predicted molar refractivity (Wildman–Crippen MR) is 73.7 cm³/mol. The first-order valence-electron chi connectivity index (χ1n) is 5.70. The molecular weight excluding hydrogens is 264 g/mol. The molecule has 7 heteroatoms. The molecule has 0 aliphatic rings. The van der Waals surface area contributed by atoms with E-state index in [0.29, 0.717) is 13.1 Å². The largest absolute Gasteiger partial charge is 0.476 e. The Morgan fingerprint density at radius 3 is 2.74 bits per heavy atom. The minimum atomic E-state index is -1.06. The number of carbonyl (C=O) groups is 1. The molecule has 0 bridgehead atoms. The van der Waals surface area contributed by atoms with Crippen molar-refractivity contribution in [1.29, 1.82) is 0 Å². The van der Waals surface area contributed by atoms with Gasteiger partial charge in [0.1, 0.15) is 0 Å². The summed E-state index contributed by atoms with van der Waals surface area (Å²) < 4.78 is 1.51. The van der Waals surface area contributed by atoms with E-state index in [-0.39, 0.29) is 5.69 Å². The highest BCUT2D eigenvalue weighted by Crippen LogP contribution is 2.17. The Hall–Kier alpha value is -2.02. The number of carboxylic acids is 1. The summed E-state index contributed by atoms with van der Waals surface area (Å²) in [5.74, 6) is -1.06. The second kappa shape index (κ2) is 6.24. The summed E-state index contributed by atoms with van der Waals surface area (Å²) in [6.07, 6.45) is 3.45. The van der Waals surface area contributed by atoms with Gasteiger partial charge in [-0.2, -0.15) is 0 Å². The monoisotopic (exact) mass is 278 g/mol. The zero-order valence-corrected chi connectivity index (χ0v) is 11.2. The second-order valence-electron chi connectivity index (χ2n) is 3.83. The number of carboxylic acid groups (broad SMARTS) is 1. The minimum Gasteiger partial charge on any atom is -0.476 e. The van der Waals surface area contributed by atoms with Gasteiger partial charge >= 0.3 is 5.97 Å². The van der Waals surface area contributed by atoms with Gasteiger partial charge in [-0.15, -0.1) is 16.9 Å².